The lowest BCUT2D eigenvalue weighted by Crippen LogP contribution is -2.34. The van der Waals surface area contributed by atoms with E-state index >= 15 is 0 Å². The first kappa shape index (κ1) is 20.7. The van der Waals surface area contributed by atoms with Crippen molar-refractivity contribution in [1.29, 1.82) is 0 Å². The zero-order valence-corrected chi connectivity index (χ0v) is 15.5. The average Bonchev–Trinajstić information content (AvgIpc) is 2.72. The van der Waals surface area contributed by atoms with Crippen LogP contribution in [0.25, 0.3) is 11.3 Å². The van der Waals surface area contributed by atoms with Crippen LogP contribution in [0.15, 0.2) is 67.0 Å². The van der Waals surface area contributed by atoms with E-state index in [-0.39, 0.29) is 6.54 Å². The third-order valence-electron chi connectivity index (χ3n) is 4.56. The molecule has 0 fully saturated rings. The molecule has 0 radical (unpaired) electrons. The van der Waals surface area contributed by atoms with Crippen LogP contribution in [0.4, 0.5) is 23.4 Å². The number of nitrogens with zero attached hydrogens (tertiary/aromatic N) is 2. The topological polar surface area (TPSA) is 58.0 Å². The van der Waals surface area contributed by atoms with Crippen LogP contribution in [0.5, 0.6) is 0 Å². The molecule has 8 heteroatoms. The molecule has 152 valence electrons. The average molecular weight is 405 g/mol. The minimum atomic E-state index is -5.03. The molecule has 1 unspecified atom stereocenters. The molecule has 3 rings (SSSR count). The molecule has 1 heterocycles. The second kappa shape index (κ2) is 8.16. The molecule has 0 aliphatic carbocycles. The maximum absolute atomic E-state index is 14.3. The summed E-state index contributed by atoms with van der Waals surface area (Å²) in [6.45, 7) is 0.668. The highest BCUT2D eigenvalue weighted by Crippen LogP contribution is 2.42. The summed E-state index contributed by atoms with van der Waals surface area (Å²) in [6, 6.07) is 15.7. The number of aliphatic hydroxyl groups is 1. The lowest BCUT2D eigenvalue weighted by atomic mass is 9.95. The monoisotopic (exact) mass is 405 g/mol. The number of rotatable bonds is 6. The lowest BCUT2D eigenvalue weighted by Gasteiger charge is -2.24. The van der Waals surface area contributed by atoms with Crippen LogP contribution in [0.3, 0.4) is 0 Å². The summed E-state index contributed by atoms with van der Waals surface area (Å²) in [4.78, 5) is 8.12. The Morgan fingerprint density at radius 1 is 0.966 bits per heavy atom. The van der Waals surface area contributed by atoms with Gasteiger partial charge in [0.05, 0.1) is 11.8 Å². The van der Waals surface area contributed by atoms with E-state index in [9.17, 15) is 22.7 Å². The van der Waals surface area contributed by atoms with Gasteiger partial charge in [-0.05, 0) is 24.1 Å². The maximum Gasteiger partial charge on any atom is 0.426 e. The van der Waals surface area contributed by atoms with Crippen LogP contribution in [0.2, 0.25) is 0 Å². The molecule has 0 bridgehead atoms. The van der Waals surface area contributed by atoms with E-state index < -0.39 is 23.5 Å². The molecule has 3 aromatic rings. The number of alkyl halides is 4. The first-order chi connectivity index (χ1) is 13.7. The number of halogens is 4. The van der Waals surface area contributed by atoms with Crippen molar-refractivity contribution in [3.05, 3.63) is 78.1 Å². The van der Waals surface area contributed by atoms with Crippen LogP contribution in [0, 0.1) is 0 Å². The molecule has 29 heavy (non-hydrogen) atoms. The molecule has 0 amide bonds. The van der Waals surface area contributed by atoms with Gasteiger partial charge in [-0.15, -0.1) is 0 Å². The standard InChI is InChI=1S/C21H19F4N3O/c1-20(22,21(23,24)25)16-9-5-8-15(10-16)17-11-19(28-13-27-17)26-12-18(29)14-6-3-2-4-7-14/h2-11,13,18,29H,12H2,1H3,(H,26,27,28)/t18-,20?/m0/s1. The van der Waals surface area contributed by atoms with Crippen molar-refractivity contribution in [1.82, 2.24) is 9.97 Å². The number of benzene rings is 2. The van der Waals surface area contributed by atoms with Gasteiger partial charge in [0.1, 0.15) is 12.1 Å². The van der Waals surface area contributed by atoms with Gasteiger partial charge in [-0.2, -0.15) is 13.2 Å². The van der Waals surface area contributed by atoms with Crippen molar-refractivity contribution in [2.75, 3.05) is 11.9 Å². The van der Waals surface area contributed by atoms with E-state index in [0.29, 0.717) is 24.0 Å². The smallest absolute Gasteiger partial charge is 0.387 e. The van der Waals surface area contributed by atoms with E-state index in [1.807, 2.05) is 18.2 Å². The fraction of sp³-hybridized carbons (Fsp3) is 0.238. The SMILES string of the molecule is CC(F)(c1cccc(-c2cc(NC[C@H](O)c3ccccc3)ncn2)c1)C(F)(F)F. The third-order valence-corrected chi connectivity index (χ3v) is 4.56. The number of hydrogen-bond donors (Lipinski definition) is 2. The predicted octanol–water partition coefficient (Wildman–Crippen LogP) is 5.04. The number of aromatic nitrogens is 2. The van der Waals surface area contributed by atoms with Gasteiger partial charge in [0, 0.05) is 18.2 Å². The van der Waals surface area contributed by atoms with Crippen molar-refractivity contribution >= 4 is 5.82 Å². The Kier molecular flexibility index (Phi) is 5.83. The van der Waals surface area contributed by atoms with Crippen LogP contribution < -0.4 is 5.32 Å². The Morgan fingerprint density at radius 3 is 2.38 bits per heavy atom. The van der Waals surface area contributed by atoms with Gasteiger partial charge in [-0.25, -0.2) is 14.4 Å². The van der Waals surface area contributed by atoms with Crippen molar-refractivity contribution in [3.8, 4) is 11.3 Å². The molecule has 2 N–H and O–H groups in total. The van der Waals surface area contributed by atoms with Gasteiger partial charge in [0.25, 0.3) is 0 Å². The molecule has 0 spiro atoms. The first-order valence-electron chi connectivity index (χ1n) is 8.84. The Bertz CT molecular complexity index is 961. The van der Waals surface area contributed by atoms with Gasteiger partial charge in [-0.1, -0.05) is 48.5 Å². The Morgan fingerprint density at radius 2 is 1.69 bits per heavy atom. The van der Waals surface area contributed by atoms with Crippen molar-refractivity contribution in [2.45, 2.75) is 24.9 Å². The normalized spacial score (nSPS) is 14.8. The zero-order valence-electron chi connectivity index (χ0n) is 15.5. The van der Waals surface area contributed by atoms with Crippen LogP contribution in [-0.2, 0) is 5.67 Å². The molecular formula is C21H19F4N3O. The van der Waals surface area contributed by atoms with Gasteiger partial charge >= 0.3 is 6.18 Å². The zero-order chi connectivity index (χ0) is 21.1. The van der Waals surface area contributed by atoms with Crippen molar-refractivity contribution < 1.29 is 22.7 Å². The minimum Gasteiger partial charge on any atom is -0.387 e. The van der Waals surface area contributed by atoms with Gasteiger partial charge < -0.3 is 10.4 Å². The van der Waals surface area contributed by atoms with Gasteiger partial charge in [-0.3, -0.25) is 0 Å². The van der Waals surface area contributed by atoms with E-state index in [2.05, 4.69) is 15.3 Å². The number of anilines is 1. The fourth-order valence-electron chi connectivity index (χ4n) is 2.74. The molecule has 2 atom stereocenters. The molecule has 2 aromatic carbocycles. The molecule has 0 aliphatic heterocycles. The lowest BCUT2D eigenvalue weighted by molar-refractivity contribution is -0.228. The van der Waals surface area contributed by atoms with Gasteiger partial charge in [0.15, 0.2) is 0 Å². The van der Waals surface area contributed by atoms with Crippen LogP contribution >= 0.6 is 0 Å². The highest BCUT2D eigenvalue weighted by Gasteiger charge is 2.53. The minimum absolute atomic E-state index is 0.178. The van der Waals surface area contributed by atoms with Crippen molar-refractivity contribution in [2.24, 2.45) is 0 Å². The number of aliphatic hydroxyl groups excluding tert-OH is 1. The molecule has 0 saturated heterocycles. The van der Waals surface area contributed by atoms with E-state index in [0.717, 1.165) is 17.7 Å². The number of nitrogens with one attached hydrogen (secondary N) is 1. The highest BCUT2D eigenvalue weighted by molar-refractivity contribution is 5.63. The summed E-state index contributed by atoms with van der Waals surface area (Å²) < 4.78 is 53.3. The molecule has 4 nitrogen and oxygen atoms in total. The molecular weight excluding hydrogens is 386 g/mol. The van der Waals surface area contributed by atoms with Gasteiger partial charge in [0.2, 0.25) is 5.67 Å². The fourth-order valence-corrected chi connectivity index (χ4v) is 2.74. The van der Waals surface area contributed by atoms with Crippen LogP contribution in [-0.4, -0.2) is 27.8 Å². The Balaban J connectivity index is 1.79. The Hall–Kier alpha value is -3.00. The molecule has 0 aliphatic rings. The summed E-state index contributed by atoms with van der Waals surface area (Å²) in [7, 11) is 0. The number of hydrogen-bond acceptors (Lipinski definition) is 4. The summed E-state index contributed by atoms with van der Waals surface area (Å²) in [5.41, 5.74) is -2.59. The third kappa shape index (κ3) is 4.71. The highest BCUT2D eigenvalue weighted by atomic mass is 19.4. The first-order valence-corrected chi connectivity index (χ1v) is 8.84. The van der Waals surface area contributed by atoms with E-state index in [1.54, 1.807) is 18.2 Å². The summed E-state index contributed by atoms with van der Waals surface area (Å²) in [5, 5.41) is 13.2. The van der Waals surface area contributed by atoms with E-state index in [1.165, 1.54) is 18.5 Å². The second-order valence-electron chi connectivity index (χ2n) is 6.68. The van der Waals surface area contributed by atoms with Crippen LogP contribution in [0.1, 0.15) is 24.2 Å². The van der Waals surface area contributed by atoms with Crippen molar-refractivity contribution in [3.63, 3.8) is 0 Å². The maximum atomic E-state index is 14.3. The quantitative estimate of drug-likeness (QED) is 0.565. The summed E-state index contributed by atoms with van der Waals surface area (Å²) in [5.74, 6) is 0.384. The van der Waals surface area contributed by atoms with E-state index in [4.69, 9.17) is 0 Å². The summed E-state index contributed by atoms with van der Waals surface area (Å²) in [6.07, 6.45) is -4.55. The second-order valence-corrected chi connectivity index (χ2v) is 6.68. The largest absolute Gasteiger partial charge is 0.426 e. The molecule has 1 aromatic heterocycles. The summed E-state index contributed by atoms with van der Waals surface area (Å²) >= 11 is 0. The predicted molar refractivity (Wildman–Crippen MR) is 102 cm³/mol. The Labute approximate surface area is 165 Å². The molecule has 0 saturated carbocycles.